The summed E-state index contributed by atoms with van der Waals surface area (Å²) in [5.74, 6) is 2.26. The normalized spacial score (nSPS) is 13.8. The number of benzene rings is 1. The van der Waals surface area contributed by atoms with Crippen LogP contribution >= 0.6 is 24.0 Å². The van der Waals surface area contributed by atoms with E-state index in [0.717, 1.165) is 5.96 Å². The highest BCUT2D eigenvalue weighted by molar-refractivity contribution is 14.0. The molecule has 0 amide bonds. The van der Waals surface area contributed by atoms with Gasteiger partial charge in [-0.2, -0.15) is 4.98 Å². The lowest BCUT2D eigenvalue weighted by Gasteiger charge is -2.23. The Hall–Kier alpha value is -1.64. The topological polar surface area (TPSA) is 75.3 Å². The van der Waals surface area contributed by atoms with Gasteiger partial charge >= 0.3 is 0 Å². The third kappa shape index (κ3) is 5.81. The minimum absolute atomic E-state index is 0. The molecule has 0 saturated heterocycles. The monoisotopic (exact) mass is 429 g/mol. The lowest BCUT2D eigenvalue weighted by atomic mass is 9.94. The molecule has 0 radical (unpaired) electrons. The Morgan fingerprint density at radius 2 is 1.96 bits per heavy atom. The maximum atomic E-state index is 4.95. The van der Waals surface area contributed by atoms with Crippen LogP contribution in [0.15, 0.2) is 39.8 Å². The van der Waals surface area contributed by atoms with Gasteiger partial charge < -0.3 is 15.2 Å². The first kappa shape index (κ1) is 19.4. The molecule has 0 bridgehead atoms. The Kier molecular flexibility index (Phi) is 8.01. The maximum Gasteiger partial charge on any atom is 0.223 e. The van der Waals surface area contributed by atoms with Crippen LogP contribution in [0.4, 0.5) is 0 Å². The molecule has 0 fully saturated rings. The zero-order chi connectivity index (χ0) is 15.9. The van der Waals surface area contributed by atoms with Crippen molar-refractivity contribution in [2.24, 2.45) is 4.99 Å². The summed E-state index contributed by atoms with van der Waals surface area (Å²) in [6.07, 6.45) is 0. The van der Waals surface area contributed by atoms with Gasteiger partial charge in [-0.05, 0) is 12.5 Å². The van der Waals surface area contributed by atoms with E-state index >= 15 is 0 Å². The molecule has 2 N–H and O–H groups in total. The quantitative estimate of drug-likeness (QED) is 0.435. The van der Waals surface area contributed by atoms with Gasteiger partial charge in [-0.3, -0.25) is 4.99 Å². The molecule has 2 rings (SSSR count). The van der Waals surface area contributed by atoms with Gasteiger partial charge in [0.2, 0.25) is 5.89 Å². The molecular formula is C16H24IN5O. The number of halogens is 1. The molecule has 7 heteroatoms. The first-order valence-corrected chi connectivity index (χ1v) is 7.41. The zero-order valence-electron chi connectivity index (χ0n) is 13.9. The molecule has 23 heavy (non-hydrogen) atoms. The van der Waals surface area contributed by atoms with Crippen LogP contribution in [0.1, 0.15) is 37.0 Å². The van der Waals surface area contributed by atoms with E-state index in [9.17, 15) is 0 Å². The van der Waals surface area contributed by atoms with Gasteiger partial charge in [-0.1, -0.05) is 42.4 Å². The van der Waals surface area contributed by atoms with Gasteiger partial charge in [0.05, 0.1) is 6.54 Å². The van der Waals surface area contributed by atoms with Crippen LogP contribution in [-0.2, 0) is 6.54 Å². The van der Waals surface area contributed by atoms with Crippen LogP contribution in [0, 0.1) is 6.92 Å². The summed E-state index contributed by atoms with van der Waals surface area (Å²) >= 11 is 0. The van der Waals surface area contributed by atoms with Crippen LogP contribution < -0.4 is 10.6 Å². The zero-order valence-corrected chi connectivity index (χ0v) is 16.2. The molecule has 1 heterocycles. The number of rotatable bonds is 5. The first-order chi connectivity index (χ1) is 10.6. The molecule has 2 aromatic rings. The summed E-state index contributed by atoms with van der Waals surface area (Å²) in [5.41, 5.74) is 1.30. The molecule has 1 aromatic heterocycles. The molecule has 0 aliphatic rings. The molecule has 0 aliphatic heterocycles. The molecule has 0 aliphatic carbocycles. The predicted octanol–water partition coefficient (Wildman–Crippen LogP) is 2.85. The highest BCUT2D eigenvalue weighted by Crippen LogP contribution is 2.18. The highest BCUT2D eigenvalue weighted by Gasteiger charge is 2.15. The van der Waals surface area contributed by atoms with Crippen molar-refractivity contribution < 1.29 is 4.52 Å². The van der Waals surface area contributed by atoms with Gasteiger partial charge in [0.15, 0.2) is 11.8 Å². The number of nitrogens with one attached hydrogen (secondary N) is 2. The number of nitrogens with zero attached hydrogens (tertiary/aromatic N) is 3. The molecule has 0 saturated carbocycles. The Morgan fingerprint density at radius 1 is 1.26 bits per heavy atom. The van der Waals surface area contributed by atoms with Crippen LogP contribution in [0.3, 0.4) is 0 Å². The number of hydrogen-bond donors (Lipinski definition) is 2. The fraction of sp³-hybridized carbons (Fsp3) is 0.438. The minimum Gasteiger partial charge on any atom is -0.353 e. The Labute approximate surface area is 154 Å². The SMILES string of the molecule is CN=C(NCc1noc(C)n1)NC(C)C(C)c1ccccc1.I. The summed E-state index contributed by atoms with van der Waals surface area (Å²) in [5, 5.41) is 10.4. The number of guanidine groups is 1. The van der Waals surface area contributed by atoms with Crippen molar-refractivity contribution >= 4 is 29.9 Å². The summed E-state index contributed by atoms with van der Waals surface area (Å²) < 4.78 is 4.95. The second-order valence-corrected chi connectivity index (χ2v) is 5.29. The number of aromatic nitrogens is 2. The van der Waals surface area contributed by atoms with Crippen LogP contribution in [0.25, 0.3) is 0 Å². The predicted molar refractivity (Wildman–Crippen MR) is 102 cm³/mol. The third-order valence-electron chi connectivity index (χ3n) is 3.65. The second-order valence-electron chi connectivity index (χ2n) is 5.29. The van der Waals surface area contributed by atoms with Crippen LogP contribution in [0.5, 0.6) is 0 Å². The lowest BCUT2D eigenvalue weighted by Crippen LogP contribution is -2.44. The van der Waals surface area contributed by atoms with Crippen LogP contribution in [-0.4, -0.2) is 29.2 Å². The van der Waals surface area contributed by atoms with Crippen molar-refractivity contribution in [3.63, 3.8) is 0 Å². The third-order valence-corrected chi connectivity index (χ3v) is 3.65. The number of hydrogen-bond acceptors (Lipinski definition) is 4. The fourth-order valence-electron chi connectivity index (χ4n) is 2.16. The van der Waals surface area contributed by atoms with Crippen molar-refractivity contribution in [2.45, 2.75) is 39.3 Å². The molecule has 126 valence electrons. The molecule has 6 nitrogen and oxygen atoms in total. The Bertz CT molecular complexity index is 614. The number of aliphatic imine (C=N–C) groups is 1. The standard InChI is InChI=1S/C16H23N5O.HI/c1-11(14-8-6-5-7-9-14)12(2)19-16(17-4)18-10-15-20-13(3)22-21-15;/h5-9,11-12H,10H2,1-4H3,(H2,17,18,19);1H. The van der Waals surface area contributed by atoms with Gasteiger partial charge in [0.1, 0.15) is 0 Å². The van der Waals surface area contributed by atoms with E-state index in [0.29, 0.717) is 24.2 Å². The maximum absolute atomic E-state index is 4.95. The van der Waals surface area contributed by atoms with Crippen molar-refractivity contribution in [3.8, 4) is 0 Å². The summed E-state index contributed by atoms with van der Waals surface area (Å²) in [6, 6.07) is 10.7. The van der Waals surface area contributed by atoms with E-state index < -0.39 is 0 Å². The van der Waals surface area contributed by atoms with Gasteiger partial charge in [0, 0.05) is 25.9 Å². The average Bonchev–Trinajstić information content (AvgIpc) is 2.96. The molecular weight excluding hydrogens is 405 g/mol. The lowest BCUT2D eigenvalue weighted by molar-refractivity contribution is 0.386. The summed E-state index contributed by atoms with van der Waals surface area (Å²) in [4.78, 5) is 8.39. The number of aryl methyl sites for hydroxylation is 1. The van der Waals surface area contributed by atoms with E-state index in [1.54, 1.807) is 14.0 Å². The highest BCUT2D eigenvalue weighted by atomic mass is 127. The molecule has 2 unspecified atom stereocenters. The molecule has 2 atom stereocenters. The second kappa shape index (κ2) is 9.49. The van der Waals surface area contributed by atoms with E-state index in [1.807, 2.05) is 6.07 Å². The van der Waals surface area contributed by atoms with Crippen molar-refractivity contribution in [2.75, 3.05) is 7.05 Å². The summed E-state index contributed by atoms with van der Waals surface area (Å²) in [7, 11) is 1.75. The van der Waals surface area contributed by atoms with Crippen molar-refractivity contribution in [3.05, 3.63) is 47.6 Å². The largest absolute Gasteiger partial charge is 0.353 e. The Morgan fingerprint density at radius 3 is 2.52 bits per heavy atom. The Balaban J connectivity index is 0.00000264. The van der Waals surface area contributed by atoms with Crippen molar-refractivity contribution in [1.29, 1.82) is 0 Å². The van der Waals surface area contributed by atoms with E-state index in [4.69, 9.17) is 4.52 Å². The average molecular weight is 429 g/mol. The van der Waals surface area contributed by atoms with E-state index in [2.05, 4.69) is 63.9 Å². The van der Waals surface area contributed by atoms with Gasteiger partial charge in [0.25, 0.3) is 0 Å². The summed E-state index contributed by atoms with van der Waals surface area (Å²) in [6.45, 7) is 6.59. The fourth-order valence-corrected chi connectivity index (χ4v) is 2.16. The van der Waals surface area contributed by atoms with Crippen LogP contribution in [0.2, 0.25) is 0 Å². The smallest absolute Gasteiger partial charge is 0.223 e. The van der Waals surface area contributed by atoms with E-state index in [1.165, 1.54) is 5.56 Å². The van der Waals surface area contributed by atoms with E-state index in [-0.39, 0.29) is 30.0 Å². The van der Waals surface area contributed by atoms with Crippen molar-refractivity contribution in [1.82, 2.24) is 20.8 Å². The minimum atomic E-state index is 0. The molecule has 0 spiro atoms. The van der Waals surface area contributed by atoms with Gasteiger partial charge in [-0.25, -0.2) is 0 Å². The first-order valence-electron chi connectivity index (χ1n) is 7.41. The molecule has 1 aromatic carbocycles. The van der Waals surface area contributed by atoms with Gasteiger partial charge in [-0.15, -0.1) is 24.0 Å².